The van der Waals surface area contributed by atoms with Gasteiger partial charge in [0, 0.05) is 30.2 Å². The summed E-state index contributed by atoms with van der Waals surface area (Å²) >= 11 is 0. The Morgan fingerprint density at radius 3 is 2.77 bits per heavy atom. The third-order valence-electron chi connectivity index (χ3n) is 5.82. The van der Waals surface area contributed by atoms with Gasteiger partial charge in [-0.25, -0.2) is 0 Å². The van der Waals surface area contributed by atoms with Gasteiger partial charge in [0.1, 0.15) is 17.6 Å². The molecule has 1 aromatic carbocycles. The Hall–Kier alpha value is -2.22. The number of para-hydroxylation sites is 1. The van der Waals surface area contributed by atoms with Gasteiger partial charge in [0.2, 0.25) is 6.29 Å². The molecule has 1 fully saturated rings. The second kappa shape index (κ2) is 10.7. The number of carbonyl (C=O) groups is 2. The van der Waals surface area contributed by atoms with Gasteiger partial charge in [0.25, 0.3) is 0 Å². The van der Waals surface area contributed by atoms with E-state index in [1.807, 2.05) is 24.3 Å². The number of carboxylic acid groups (broad SMARTS) is 1. The molecule has 164 valence electrons. The lowest BCUT2D eigenvalue weighted by Gasteiger charge is -2.28. The highest BCUT2D eigenvalue weighted by Crippen LogP contribution is 2.35. The summed E-state index contributed by atoms with van der Waals surface area (Å²) in [4.78, 5) is 22.9. The Labute approximate surface area is 176 Å². The highest BCUT2D eigenvalue weighted by molar-refractivity contribution is 5.84. The van der Waals surface area contributed by atoms with Crippen LogP contribution in [0.25, 0.3) is 0 Å². The molecule has 0 amide bonds. The number of carboxylic acids is 1. The number of ether oxygens (including phenoxy) is 2. The largest absolute Gasteiger partial charge is 0.481 e. The second-order valence-corrected chi connectivity index (χ2v) is 8.05. The van der Waals surface area contributed by atoms with Crippen molar-refractivity contribution in [2.24, 2.45) is 11.8 Å². The third kappa shape index (κ3) is 5.90. The maximum atomic E-state index is 12.3. The summed E-state index contributed by atoms with van der Waals surface area (Å²) in [5.74, 6) is -0.699. The van der Waals surface area contributed by atoms with Gasteiger partial charge in [-0.15, -0.1) is 0 Å². The minimum absolute atomic E-state index is 0.0382. The van der Waals surface area contributed by atoms with Crippen molar-refractivity contribution in [3.8, 4) is 5.75 Å². The molecule has 30 heavy (non-hydrogen) atoms. The smallest absolute Gasteiger partial charge is 0.303 e. The first-order valence-electron chi connectivity index (χ1n) is 10.6. The molecule has 3 N–H and O–H groups in total. The summed E-state index contributed by atoms with van der Waals surface area (Å²) in [5, 5.41) is 29.4. The summed E-state index contributed by atoms with van der Waals surface area (Å²) in [6, 6.07) is 7.48. The van der Waals surface area contributed by atoms with E-state index in [1.165, 1.54) is 0 Å². The molecule has 0 radical (unpaired) electrons. The zero-order chi connectivity index (χ0) is 21.5. The lowest BCUT2D eigenvalue weighted by Crippen LogP contribution is -2.36. The van der Waals surface area contributed by atoms with E-state index in [1.54, 1.807) is 12.2 Å². The molecule has 1 aliphatic carbocycles. The monoisotopic (exact) mass is 418 g/mol. The number of hydrogen-bond acceptors (Lipinski definition) is 6. The number of Topliss-reactive ketones (excluding diaryl/α,β-unsaturated/α-hetero) is 1. The number of aliphatic hydroxyl groups is 2. The fraction of sp³-hybridized carbons (Fsp3) is 0.565. The first kappa shape index (κ1) is 22.5. The predicted octanol–water partition coefficient (Wildman–Crippen LogP) is 2.83. The van der Waals surface area contributed by atoms with Gasteiger partial charge < -0.3 is 24.8 Å². The van der Waals surface area contributed by atoms with E-state index in [4.69, 9.17) is 14.6 Å². The first-order chi connectivity index (χ1) is 14.5. The van der Waals surface area contributed by atoms with E-state index in [9.17, 15) is 19.8 Å². The molecule has 1 aliphatic heterocycles. The van der Waals surface area contributed by atoms with Gasteiger partial charge in [-0.1, -0.05) is 49.6 Å². The van der Waals surface area contributed by atoms with Gasteiger partial charge in [-0.3, -0.25) is 9.59 Å². The molecule has 0 aromatic heterocycles. The average molecular weight is 418 g/mol. The van der Waals surface area contributed by atoms with Crippen molar-refractivity contribution in [2.75, 3.05) is 0 Å². The number of fused-ring (bicyclic) bond motifs is 1. The molecule has 0 saturated heterocycles. The van der Waals surface area contributed by atoms with Crippen molar-refractivity contribution >= 4 is 11.8 Å². The molecule has 1 aromatic rings. The lowest BCUT2D eigenvalue weighted by atomic mass is 9.88. The third-order valence-corrected chi connectivity index (χ3v) is 5.82. The molecule has 7 heteroatoms. The molecule has 7 nitrogen and oxygen atoms in total. The number of aliphatic carboxylic acids is 1. The Morgan fingerprint density at radius 2 is 1.97 bits per heavy atom. The summed E-state index contributed by atoms with van der Waals surface area (Å²) < 4.78 is 11.3. The number of aliphatic hydroxyl groups excluding tert-OH is 2. The molecule has 0 unspecified atom stereocenters. The fourth-order valence-electron chi connectivity index (χ4n) is 4.16. The number of rotatable bonds is 10. The van der Waals surface area contributed by atoms with E-state index in [-0.39, 0.29) is 30.5 Å². The van der Waals surface area contributed by atoms with Crippen LogP contribution in [0.2, 0.25) is 0 Å². The Balaban J connectivity index is 1.51. The molecule has 5 atom stereocenters. The van der Waals surface area contributed by atoms with Crippen LogP contribution < -0.4 is 4.74 Å². The van der Waals surface area contributed by atoms with E-state index in [0.29, 0.717) is 25.2 Å². The van der Waals surface area contributed by atoms with Gasteiger partial charge in [0.15, 0.2) is 0 Å². The molecule has 2 aliphatic rings. The van der Waals surface area contributed by atoms with Gasteiger partial charge in [-0.05, 0) is 18.9 Å². The molecule has 1 saturated carbocycles. The van der Waals surface area contributed by atoms with Crippen molar-refractivity contribution in [1.29, 1.82) is 0 Å². The number of ketones is 1. The van der Waals surface area contributed by atoms with Crippen LogP contribution in [-0.4, -0.2) is 45.6 Å². The van der Waals surface area contributed by atoms with E-state index >= 15 is 0 Å². The molecule has 0 spiro atoms. The molecular formula is C23H30O7. The molecular weight excluding hydrogens is 388 g/mol. The van der Waals surface area contributed by atoms with Crippen LogP contribution in [0.3, 0.4) is 0 Å². The Morgan fingerprint density at radius 1 is 1.20 bits per heavy atom. The van der Waals surface area contributed by atoms with Gasteiger partial charge >= 0.3 is 5.97 Å². The Bertz CT molecular complexity index is 760. The van der Waals surface area contributed by atoms with Crippen LogP contribution in [0.4, 0.5) is 0 Å². The SMILES string of the molecule is O=C(O)CCCCCC[C@H]1C(=O)C[C@@H](O)[C@@H]1/C=C/[C@H](O)[C@H]1OCc2ccccc2O1. The van der Waals surface area contributed by atoms with Crippen LogP contribution in [0, 0.1) is 11.8 Å². The number of carbonyl (C=O) groups excluding carboxylic acids is 1. The Kier molecular flexibility index (Phi) is 8.01. The van der Waals surface area contributed by atoms with Crippen LogP contribution >= 0.6 is 0 Å². The zero-order valence-corrected chi connectivity index (χ0v) is 17.0. The minimum Gasteiger partial charge on any atom is -0.481 e. The lowest BCUT2D eigenvalue weighted by molar-refractivity contribution is -0.152. The van der Waals surface area contributed by atoms with Crippen molar-refractivity contribution in [1.82, 2.24) is 0 Å². The number of unbranched alkanes of at least 4 members (excludes halogenated alkanes) is 3. The van der Waals surface area contributed by atoms with Crippen molar-refractivity contribution in [3.05, 3.63) is 42.0 Å². The summed E-state index contributed by atoms with van der Waals surface area (Å²) in [6.45, 7) is 0.348. The van der Waals surface area contributed by atoms with Crippen molar-refractivity contribution in [2.45, 2.75) is 70.1 Å². The predicted molar refractivity (Wildman–Crippen MR) is 109 cm³/mol. The highest BCUT2D eigenvalue weighted by atomic mass is 16.7. The van der Waals surface area contributed by atoms with Crippen LogP contribution in [-0.2, 0) is 20.9 Å². The van der Waals surface area contributed by atoms with Gasteiger partial charge in [-0.2, -0.15) is 0 Å². The minimum atomic E-state index is -1.02. The molecule has 0 bridgehead atoms. The fourth-order valence-corrected chi connectivity index (χ4v) is 4.16. The summed E-state index contributed by atoms with van der Waals surface area (Å²) in [6.07, 6.45) is 4.70. The molecule has 3 rings (SSSR count). The summed E-state index contributed by atoms with van der Waals surface area (Å²) in [7, 11) is 0. The van der Waals surface area contributed by atoms with Crippen LogP contribution in [0.5, 0.6) is 5.75 Å². The quantitative estimate of drug-likeness (QED) is 0.395. The van der Waals surface area contributed by atoms with Gasteiger partial charge in [0.05, 0.1) is 12.7 Å². The van der Waals surface area contributed by atoms with Crippen LogP contribution in [0.1, 0.15) is 50.5 Å². The standard InChI is InChI=1S/C23H30O7/c24-18(23-29-14-15-7-5-6-9-21(15)30-23)12-11-17-16(19(25)13-20(17)26)8-3-1-2-4-10-22(27)28/h5-7,9,11-12,16-18,20,23-24,26H,1-4,8,10,13-14H2,(H,27,28)/b12-11+/t16-,17-,18+,20-,23+/m1/s1. The first-order valence-corrected chi connectivity index (χ1v) is 10.6. The maximum Gasteiger partial charge on any atom is 0.303 e. The topological polar surface area (TPSA) is 113 Å². The van der Waals surface area contributed by atoms with Crippen molar-refractivity contribution < 1.29 is 34.4 Å². The average Bonchev–Trinajstić information content (AvgIpc) is 3.00. The number of benzene rings is 1. The van der Waals surface area contributed by atoms with Crippen LogP contribution in [0.15, 0.2) is 36.4 Å². The normalized spacial score (nSPS) is 27.1. The van der Waals surface area contributed by atoms with E-state index in [2.05, 4.69) is 0 Å². The van der Waals surface area contributed by atoms with E-state index in [0.717, 1.165) is 24.8 Å². The summed E-state index contributed by atoms with van der Waals surface area (Å²) in [5.41, 5.74) is 0.921. The molecule has 1 heterocycles. The maximum absolute atomic E-state index is 12.3. The zero-order valence-electron chi connectivity index (χ0n) is 17.0. The second-order valence-electron chi connectivity index (χ2n) is 8.05. The van der Waals surface area contributed by atoms with Crippen molar-refractivity contribution in [3.63, 3.8) is 0 Å². The number of hydrogen-bond donors (Lipinski definition) is 3. The van der Waals surface area contributed by atoms with E-state index < -0.39 is 24.5 Å². The highest BCUT2D eigenvalue weighted by Gasteiger charge is 2.39.